The van der Waals surface area contributed by atoms with Gasteiger partial charge in [-0.2, -0.15) is 4.98 Å². The van der Waals surface area contributed by atoms with Crippen LogP contribution in [0.4, 0.5) is 0 Å². The van der Waals surface area contributed by atoms with Gasteiger partial charge >= 0.3 is 7.60 Å². The molecule has 1 aliphatic heterocycles. The van der Waals surface area contributed by atoms with Crippen LogP contribution in [-0.4, -0.2) is 22.0 Å². The molecule has 3 N–H and O–H groups in total. The second-order valence-corrected chi connectivity index (χ2v) is 14.1. The van der Waals surface area contributed by atoms with Gasteiger partial charge < -0.3 is 14.2 Å². The largest absolute Gasteiger partial charge is 0.426 e. The summed E-state index contributed by atoms with van der Waals surface area (Å²) in [6.07, 6.45) is 4.32. The van der Waals surface area contributed by atoms with Crippen molar-refractivity contribution in [2.75, 3.05) is 6.61 Å². The number of nitrogens with two attached hydrogens (primary N) is 1. The highest BCUT2D eigenvalue weighted by Gasteiger charge is 2.45. The number of nitrogens with one attached hydrogen (secondary N) is 1. The van der Waals surface area contributed by atoms with E-state index in [1.54, 1.807) is 42.5 Å². The molecule has 2 aliphatic rings. The minimum atomic E-state index is -3.83. The summed E-state index contributed by atoms with van der Waals surface area (Å²) in [5.41, 5.74) is 10.0. The van der Waals surface area contributed by atoms with Crippen LogP contribution in [0.5, 0.6) is 11.8 Å². The van der Waals surface area contributed by atoms with Crippen LogP contribution in [0, 0.1) is 6.92 Å². The highest BCUT2D eigenvalue weighted by molar-refractivity contribution is 7.62. The standard InChI is InChI=1S/C35H30Cl2N3O4P/c1-22-10-15-28(19-33(22)45(41)42-17-16-35(38,44-45)26-8-5-9-27(36)18-26)43-34-39-31-20-29(30(37)21-32(31)40-34)25-13-11-24(12-14-25)23-6-3-2-4-7-23/h2-15,18-21,29-30H,16-17,38H2,1H3,(H,39,40)/t29?,30?,35-,45?/m0/s1. The van der Waals surface area contributed by atoms with Gasteiger partial charge in [0.15, 0.2) is 5.72 Å². The second-order valence-electron chi connectivity index (χ2n) is 11.3. The van der Waals surface area contributed by atoms with Crippen LogP contribution in [-0.2, 0) is 19.3 Å². The van der Waals surface area contributed by atoms with Gasteiger partial charge in [0.1, 0.15) is 5.75 Å². The van der Waals surface area contributed by atoms with Gasteiger partial charge in [0.25, 0.3) is 6.01 Å². The van der Waals surface area contributed by atoms with Crippen molar-refractivity contribution in [1.29, 1.82) is 0 Å². The maximum atomic E-state index is 14.1. The summed E-state index contributed by atoms with van der Waals surface area (Å²) >= 11 is 13.0. The summed E-state index contributed by atoms with van der Waals surface area (Å²) < 4.78 is 32.1. The van der Waals surface area contributed by atoms with Crippen molar-refractivity contribution in [3.8, 4) is 22.9 Å². The lowest BCUT2D eigenvalue weighted by Gasteiger charge is -2.38. The summed E-state index contributed by atoms with van der Waals surface area (Å²) in [4.78, 5) is 7.90. The molecule has 0 radical (unpaired) electrons. The van der Waals surface area contributed by atoms with Crippen LogP contribution in [0.3, 0.4) is 0 Å². The number of aromatic amines is 1. The first-order valence-electron chi connectivity index (χ1n) is 14.6. The maximum absolute atomic E-state index is 14.1. The molecule has 7 nitrogen and oxygen atoms in total. The van der Waals surface area contributed by atoms with E-state index in [1.165, 1.54) is 0 Å². The number of fused-ring (bicyclic) bond motifs is 1. The summed E-state index contributed by atoms with van der Waals surface area (Å²) in [5.74, 6) is 0.350. The number of halogens is 2. The van der Waals surface area contributed by atoms with Gasteiger partial charge in [0, 0.05) is 22.9 Å². The summed E-state index contributed by atoms with van der Waals surface area (Å²) in [6.45, 7) is 1.98. The second kappa shape index (κ2) is 11.9. The van der Waals surface area contributed by atoms with E-state index < -0.39 is 13.3 Å². The molecule has 0 saturated carbocycles. The molecular weight excluding hydrogens is 628 g/mol. The van der Waals surface area contributed by atoms with E-state index in [-0.39, 0.29) is 23.9 Å². The maximum Gasteiger partial charge on any atom is 0.363 e. The zero-order chi connectivity index (χ0) is 31.2. The van der Waals surface area contributed by atoms with Crippen LogP contribution in [0.1, 0.15) is 29.0 Å². The van der Waals surface area contributed by atoms with Crippen molar-refractivity contribution >= 4 is 48.3 Å². The quantitative estimate of drug-likeness (QED) is 0.153. The minimum Gasteiger partial charge on any atom is -0.426 e. The molecule has 4 aromatic carbocycles. The van der Waals surface area contributed by atoms with Crippen molar-refractivity contribution in [1.82, 2.24) is 9.97 Å². The molecule has 228 valence electrons. The number of rotatable bonds is 6. The van der Waals surface area contributed by atoms with Gasteiger partial charge in [0.2, 0.25) is 0 Å². The van der Waals surface area contributed by atoms with Gasteiger partial charge in [-0.25, -0.2) is 0 Å². The Morgan fingerprint density at radius 1 is 0.978 bits per heavy atom. The van der Waals surface area contributed by atoms with Gasteiger partial charge in [-0.05, 0) is 65.6 Å². The number of hydrogen-bond acceptors (Lipinski definition) is 6. The minimum absolute atomic E-state index is 0.0622. The van der Waals surface area contributed by atoms with Crippen LogP contribution in [0.2, 0.25) is 5.02 Å². The van der Waals surface area contributed by atoms with E-state index in [9.17, 15) is 4.57 Å². The average Bonchev–Trinajstić information content (AvgIpc) is 3.43. The van der Waals surface area contributed by atoms with Gasteiger partial charge in [0.05, 0.1) is 28.0 Å². The van der Waals surface area contributed by atoms with Gasteiger partial charge in [-0.1, -0.05) is 84.4 Å². The Balaban J connectivity index is 1.14. The third kappa shape index (κ3) is 6.00. The predicted molar refractivity (Wildman–Crippen MR) is 178 cm³/mol. The number of nitrogens with zero attached hydrogens (tertiary/aromatic N) is 1. The summed E-state index contributed by atoms with van der Waals surface area (Å²) in [7, 11) is -3.83. The number of alkyl halides is 1. The van der Waals surface area contributed by atoms with E-state index in [0.717, 1.165) is 27.4 Å². The molecule has 0 amide bonds. The fraction of sp³-hybridized carbons (Fsp3) is 0.171. The molecule has 7 rings (SSSR count). The monoisotopic (exact) mass is 657 g/mol. The fourth-order valence-corrected chi connectivity index (χ4v) is 8.32. The molecule has 3 unspecified atom stereocenters. The molecule has 0 bridgehead atoms. The number of H-pyrrole nitrogens is 1. The fourth-order valence-electron chi connectivity index (χ4n) is 5.74. The molecule has 2 heterocycles. The first kappa shape index (κ1) is 30.0. The Bertz CT molecular complexity index is 2050. The Morgan fingerprint density at radius 3 is 2.53 bits per heavy atom. The van der Waals surface area contributed by atoms with Gasteiger partial charge in [-0.3, -0.25) is 14.8 Å². The lowest BCUT2D eigenvalue weighted by atomic mass is 9.91. The number of aromatic nitrogens is 2. The SMILES string of the molecule is Cc1ccc(Oc2nc3c([nH]2)=CC(Cl)C(c2ccc(-c4ccccc4)cc2)C=3)cc1P1(=O)OCC[C@@](N)(c2cccc(Cl)c2)O1. The Kier molecular flexibility index (Phi) is 7.95. The van der Waals surface area contributed by atoms with Crippen LogP contribution < -0.4 is 26.5 Å². The molecule has 45 heavy (non-hydrogen) atoms. The van der Waals surface area contributed by atoms with Crippen molar-refractivity contribution < 1.29 is 18.3 Å². The summed E-state index contributed by atoms with van der Waals surface area (Å²) in [5, 5.41) is 2.12. The van der Waals surface area contributed by atoms with E-state index in [4.69, 9.17) is 42.7 Å². The molecule has 10 heteroatoms. The van der Waals surface area contributed by atoms with Crippen molar-refractivity contribution in [2.45, 2.75) is 30.4 Å². The Morgan fingerprint density at radius 2 is 1.76 bits per heavy atom. The van der Waals surface area contributed by atoms with E-state index >= 15 is 0 Å². The van der Waals surface area contributed by atoms with Crippen LogP contribution in [0.25, 0.3) is 23.3 Å². The Labute approximate surface area is 270 Å². The number of ether oxygens (including phenoxy) is 1. The molecule has 0 spiro atoms. The van der Waals surface area contributed by atoms with E-state index in [1.807, 2.05) is 37.3 Å². The molecule has 1 fully saturated rings. The van der Waals surface area contributed by atoms with E-state index in [2.05, 4.69) is 46.4 Å². The highest BCUT2D eigenvalue weighted by Crippen LogP contribution is 2.56. The first-order valence-corrected chi connectivity index (χ1v) is 16.9. The van der Waals surface area contributed by atoms with Crippen LogP contribution in [0.15, 0.2) is 97.1 Å². The summed E-state index contributed by atoms with van der Waals surface area (Å²) in [6, 6.07) is 31.2. The van der Waals surface area contributed by atoms with E-state index in [0.29, 0.717) is 33.6 Å². The first-order chi connectivity index (χ1) is 21.7. The van der Waals surface area contributed by atoms with Crippen molar-refractivity contribution in [3.63, 3.8) is 0 Å². The topological polar surface area (TPSA) is 99.5 Å². The number of imidazole rings is 1. The lowest BCUT2D eigenvalue weighted by Crippen LogP contribution is -2.44. The predicted octanol–water partition coefficient (Wildman–Crippen LogP) is 6.86. The molecular formula is C35H30Cl2N3O4P. The highest BCUT2D eigenvalue weighted by atomic mass is 35.5. The zero-order valence-electron chi connectivity index (χ0n) is 24.3. The third-order valence-corrected chi connectivity index (χ3v) is 11.0. The Hall–Kier alpha value is -3.68. The third-order valence-electron chi connectivity index (χ3n) is 8.17. The van der Waals surface area contributed by atoms with Crippen molar-refractivity contribution in [2.24, 2.45) is 5.73 Å². The van der Waals surface area contributed by atoms with Gasteiger partial charge in [-0.15, -0.1) is 11.6 Å². The normalized spacial score (nSPS) is 24.3. The molecule has 1 saturated heterocycles. The number of aryl methyl sites for hydroxylation is 1. The smallest absolute Gasteiger partial charge is 0.363 e. The zero-order valence-corrected chi connectivity index (χ0v) is 26.7. The molecule has 5 aromatic rings. The number of benzene rings is 4. The molecule has 4 atom stereocenters. The molecule has 1 aromatic heterocycles. The van der Waals surface area contributed by atoms with Crippen molar-refractivity contribution in [3.05, 3.63) is 129 Å². The average molecular weight is 659 g/mol. The lowest BCUT2D eigenvalue weighted by molar-refractivity contribution is -0.00369. The van der Waals surface area contributed by atoms with Crippen LogP contribution >= 0.6 is 30.8 Å². The number of hydrogen-bond donors (Lipinski definition) is 2. The molecule has 1 aliphatic carbocycles.